The Morgan fingerprint density at radius 2 is 2.22 bits per heavy atom. The lowest BCUT2D eigenvalue weighted by Crippen LogP contribution is -2.54. The minimum atomic E-state index is -0.459. The van der Waals surface area contributed by atoms with Crippen LogP contribution in [0.15, 0.2) is 18.2 Å². The molecule has 124 valence electrons. The third kappa shape index (κ3) is 3.56. The minimum absolute atomic E-state index is 0.0192. The summed E-state index contributed by atoms with van der Waals surface area (Å²) in [5.74, 6) is 0.769. The standard InChI is InChI=1S/C15H19ClN4O3/c16-12-2-1-11(13(5-12)20(22)23)3-4-17-14(21)18-9-15-6-10(7-15)8-19-15/h1-2,5,10,19H,3-4,6-9H2,(H2,17,18,21). The highest BCUT2D eigenvalue weighted by molar-refractivity contribution is 6.30. The molecule has 3 aliphatic rings. The lowest BCUT2D eigenvalue weighted by atomic mass is 9.74. The second-order valence-corrected chi connectivity index (χ2v) is 6.76. The van der Waals surface area contributed by atoms with Gasteiger partial charge in [-0.25, -0.2) is 4.79 Å². The number of nitrogens with zero attached hydrogens (tertiary/aromatic N) is 1. The highest BCUT2D eigenvalue weighted by Crippen LogP contribution is 2.42. The molecule has 1 aliphatic carbocycles. The summed E-state index contributed by atoms with van der Waals surface area (Å²) >= 11 is 5.78. The molecule has 0 atom stereocenters. The Morgan fingerprint density at radius 3 is 2.87 bits per heavy atom. The van der Waals surface area contributed by atoms with Crippen molar-refractivity contribution in [2.45, 2.75) is 24.8 Å². The minimum Gasteiger partial charge on any atom is -0.338 e. The summed E-state index contributed by atoms with van der Waals surface area (Å²) in [6.07, 6.45) is 2.64. The molecule has 3 fully saturated rings. The van der Waals surface area contributed by atoms with Gasteiger partial charge in [-0.3, -0.25) is 10.1 Å². The Balaban J connectivity index is 1.44. The second kappa shape index (κ2) is 6.33. The lowest BCUT2D eigenvalue weighted by Gasteiger charge is -2.37. The predicted octanol–water partition coefficient (Wildman–Crippen LogP) is 1.84. The van der Waals surface area contributed by atoms with Gasteiger partial charge in [0.25, 0.3) is 5.69 Å². The van der Waals surface area contributed by atoms with Crippen LogP contribution in [-0.2, 0) is 6.42 Å². The molecular formula is C15H19ClN4O3. The van der Waals surface area contributed by atoms with Crippen LogP contribution in [0, 0.1) is 16.0 Å². The van der Waals surface area contributed by atoms with E-state index in [9.17, 15) is 14.9 Å². The molecule has 0 aromatic heterocycles. The molecule has 23 heavy (non-hydrogen) atoms. The zero-order valence-electron chi connectivity index (χ0n) is 12.6. The molecule has 0 radical (unpaired) electrons. The Morgan fingerprint density at radius 1 is 1.43 bits per heavy atom. The summed E-state index contributed by atoms with van der Waals surface area (Å²) in [6, 6.07) is 4.32. The van der Waals surface area contributed by atoms with E-state index >= 15 is 0 Å². The molecule has 2 aliphatic heterocycles. The van der Waals surface area contributed by atoms with Gasteiger partial charge in [-0.1, -0.05) is 17.7 Å². The van der Waals surface area contributed by atoms with E-state index in [0.29, 0.717) is 30.1 Å². The van der Waals surface area contributed by atoms with Crippen LogP contribution in [0.4, 0.5) is 10.5 Å². The molecule has 1 saturated carbocycles. The molecule has 2 saturated heterocycles. The Kier molecular flexibility index (Phi) is 4.41. The molecule has 1 aromatic carbocycles. The van der Waals surface area contributed by atoms with Crippen molar-refractivity contribution in [1.29, 1.82) is 0 Å². The number of amides is 2. The second-order valence-electron chi connectivity index (χ2n) is 6.33. The van der Waals surface area contributed by atoms with E-state index in [0.717, 1.165) is 25.3 Å². The zero-order chi connectivity index (χ0) is 16.4. The van der Waals surface area contributed by atoms with Crippen molar-refractivity contribution < 1.29 is 9.72 Å². The number of nitro groups is 1. The molecule has 2 heterocycles. The van der Waals surface area contributed by atoms with Crippen LogP contribution in [0.5, 0.6) is 0 Å². The van der Waals surface area contributed by atoms with Crippen LogP contribution in [0.2, 0.25) is 5.02 Å². The number of rotatable bonds is 6. The van der Waals surface area contributed by atoms with Crippen LogP contribution in [0.25, 0.3) is 0 Å². The van der Waals surface area contributed by atoms with E-state index < -0.39 is 4.92 Å². The smallest absolute Gasteiger partial charge is 0.314 e. The molecule has 2 amide bonds. The van der Waals surface area contributed by atoms with Crippen molar-refractivity contribution in [2.24, 2.45) is 5.92 Å². The highest BCUT2D eigenvalue weighted by atomic mass is 35.5. The summed E-state index contributed by atoms with van der Waals surface area (Å²) < 4.78 is 0. The van der Waals surface area contributed by atoms with Crippen molar-refractivity contribution >= 4 is 23.3 Å². The molecule has 8 heteroatoms. The van der Waals surface area contributed by atoms with Gasteiger partial charge in [-0.2, -0.15) is 0 Å². The first kappa shape index (κ1) is 16.0. The third-order valence-corrected chi connectivity index (χ3v) is 4.87. The van der Waals surface area contributed by atoms with Gasteiger partial charge in [-0.15, -0.1) is 0 Å². The Labute approximate surface area is 138 Å². The normalized spacial score (nSPS) is 24.8. The maximum Gasteiger partial charge on any atom is 0.314 e. The monoisotopic (exact) mass is 338 g/mol. The summed E-state index contributed by atoms with van der Waals surface area (Å²) in [5.41, 5.74) is 0.628. The van der Waals surface area contributed by atoms with E-state index in [2.05, 4.69) is 16.0 Å². The van der Waals surface area contributed by atoms with Crippen LogP contribution in [0.1, 0.15) is 18.4 Å². The number of hydrogen-bond donors (Lipinski definition) is 3. The number of halogens is 1. The Hall–Kier alpha value is -1.86. The van der Waals surface area contributed by atoms with E-state index in [1.165, 1.54) is 6.07 Å². The van der Waals surface area contributed by atoms with Crippen molar-refractivity contribution in [2.75, 3.05) is 19.6 Å². The molecule has 1 aromatic rings. The van der Waals surface area contributed by atoms with E-state index in [-0.39, 0.29) is 17.3 Å². The average molecular weight is 339 g/mol. The number of carbonyl (C=O) groups excluding carboxylic acids is 1. The van der Waals surface area contributed by atoms with Gasteiger partial charge in [-0.05, 0) is 37.8 Å². The summed E-state index contributed by atoms with van der Waals surface area (Å²) in [4.78, 5) is 22.4. The van der Waals surface area contributed by atoms with E-state index in [1.807, 2.05) is 0 Å². The molecule has 0 spiro atoms. The van der Waals surface area contributed by atoms with E-state index in [1.54, 1.807) is 12.1 Å². The molecule has 0 unspecified atom stereocenters. The van der Waals surface area contributed by atoms with Crippen molar-refractivity contribution in [3.63, 3.8) is 0 Å². The summed E-state index contributed by atoms with van der Waals surface area (Å²) in [7, 11) is 0. The van der Waals surface area contributed by atoms with Gasteiger partial charge in [0.05, 0.1) is 4.92 Å². The zero-order valence-corrected chi connectivity index (χ0v) is 13.4. The van der Waals surface area contributed by atoms with Gasteiger partial charge in [0.2, 0.25) is 0 Å². The average Bonchev–Trinajstić information content (AvgIpc) is 3.07. The number of hydrogen-bond acceptors (Lipinski definition) is 4. The molecule has 4 rings (SSSR count). The SMILES string of the molecule is O=C(NCCc1ccc(Cl)cc1[N+](=O)[O-])NCC12CC(CN1)C2. The van der Waals surface area contributed by atoms with Crippen molar-refractivity contribution in [3.05, 3.63) is 38.9 Å². The molecule has 2 bridgehead atoms. The quantitative estimate of drug-likeness (QED) is 0.544. The highest BCUT2D eigenvalue weighted by Gasteiger charge is 2.49. The van der Waals surface area contributed by atoms with Crippen LogP contribution in [-0.4, -0.2) is 36.1 Å². The number of nitrogens with one attached hydrogen (secondary N) is 3. The van der Waals surface area contributed by atoms with Gasteiger partial charge in [0.1, 0.15) is 0 Å². The maximum atomic E-state index is 11.8. The molecule has 7 nitrogen and oxygen atoms in total. The topological polar surface area (TPSA) is 96.3 Å². The van der Waals surface area contributed by atoms with Crippen LogP contribution >= 0.6 is 11.6 Å². The fraction of sp³-hybridized carbons (Fsp3) is 0.533. The van der Waals surface area contributed by atoms with Gasteiger partial charge < -0.3 is 16.0 Å². The summed E-state index contributed by atoms with van der Waals surface area (Å²) in [6.45, 7) is 2.00. The first-order valence-electron chi connectivity index (χ1n) is 7.67. The summed E-state index contributed by atoms with van der Waals surface area (Å²) in [5, 5.41) is 20.4. The van der Waals surface area contributed by atoms with Crippen molar-refractivity contribution in [1.82, 2.24) is 16.0 Å². The lowest BCUT2D eigenvalue weighted by molar-refractivity contribution is -0.385. The first-order valence-corrected chi connectivity index (χ1v) is 8.05. The van der Waals surface area contributed by atoms with Gasteiger partial charge in [0.15, 0.2) is 0 Å². The molecular weight excluding hydrogens is 320 g/mol. The molecule has 3 N–H and O–H groups in total. The number of fused-ring (bicyclic) bond motifs is 1. The Bertz CT molecular complexity index is 626. The maximum absolute atomic E-state index is 11.8. The fourth-order valence-corrected chi connectivity index (χ4v) is 3.61. The fourth-order valence-electron chi connectivity index (χ4n) is 3.44. The van der Waals surface area contributed by atoms with Crippen LogP contribution < -0.4 is 16.0 Å². The first-order chi connectivity index (χ1) is 11.0. The third-order valence-electron chi connectivity index (χ3n) is 4.64. The van der Waals surface area contributed by atoms with Crippen molar-refractivity contribution in [3.8, 4) is 0 Å². The number of nitro benzene ring substituents is 1. The largest absolute Gasteiger partial charge is 0.338 e. The predicted molar refractivity (Wildman–Crippen MR) is 86.7 cm³/mol. The number of benzene rings is 1. The van der Waals surface area contributed by atoms with Gasteiger partial charge in [0, 0.05) is 35.3 Å². The van der Waals surface area contributed by atoms with E-state index in [4.69, 9.17) is 11.6 Å². The van der Waals surface area contributed by atoms with Gasteiger partial charge >= 0.3 is 6.03 Å². The number of urea groups is 1. The van der Waals surface area contributed by atoms with Crippen LogP contribution in [0.3, 0.4) is 0 Å². The number of carbonyl (C=O) groups is 1.